The van der Waals surface area contributed by atoms with Crippen LogP contribution >= 0.6 is 0 Å². The first-order chi connectivity index (χ1) is 42.5. The summed E-state index contributed by atoms with van der Waals surface area (Å²) in [6, 6.07) is -15.0. The average molecular weight is 1300 g/mol. The molecule has 1 aliphatic heterocycles. The highest BCUT2D eigenvalue weighted by Gasteiger charge is 2.47. The third kappa shape index (κ3) is 23.8. The van der Waals surface area contributed by atoms with Crippen molar-refractivity contribution in [2.45, 2.75) is 241 Å². The third-order valence-corrected chi connectivity index (χ3v) is 17.0. The fraction of sp³-hybridized carbons (Fsp3) is 0.788. The van der Waals surface area contributed by atoms with E-state index in [0.29, 0.717) is 6.29 Å². The van der Waals surface area contributed by atoms with E-state index in [-0.39, 0.29) is 62.9 Å². The summed E-state index contributed by atoms with van der Waals surface area (Å²) in [4.78, 5) is 182. The first-order valence-corrected chi connectivity index (χ1v) is 32.6. The molecule has 6 N–H and O–H groups in total. The molecule has 526 valence electrons. The first-order valence-electron chi connectivity index (χ1n) is 32.6. The van der Waals surface area contributed by atoms with Crippen molar-refractivity contribution in [2.75, 3.05) is 62.5 Å². The Balaban J connectivity index is 4.55. The van der Waals surface area contributed by atoms with Gasteiger partial charge in [-0.2, -0.15) is 0 Å². The summed E-state index contributed by atoms with van der Waals surface area (Å²) < 4.78 is 5.79. The van der Waals surface area contributed by atoms with Crippen molar-refractivity contribution in [3.05, 3.63) is 12.2 Å². The molecule has 0 bridgehead atoms. The number of aliphatic hydroxyl groups excluding tert-OH is 1. The van der Waals surface area contributed by atoms with E-state index < -0.39 is 174 Å². The van der Waals surface area contributed by atoms with Gasteiger partial charge in [0.25, 0.3) is 0 Å². The number of nitrogens with zero attached hydrogens (tertiary/aromatic N) is 7. The normalized spacial score (nSPS) is 26.7. The SMILES string of the molecule is CC=CC[C@@H](C)[C@@H](O)[C@H]1C(=O)N[C@@H](CC)C(=O)N(C)[C@H](COCCC=O)C(=O)N(C)[C@@H](CC(C)(C)O)C(=O)N[C@@H](C(C)C)C(=O)N(C)[C@@H](CC(C)C)C(=O)N[C@@H](C)C(=O)N[C@H](C)C(=O)N(C)[C@@H](CC(C)C)C(=O)N(C)[C@@H](CC(C)C)C(=O)N(C)[C@@H](C(C)C)C(=O)N1C. The Morgan fingerprint density at radius 1 is 0.511 bits per heavy atom. The summed E-state index contributed by atoms with van der Waals surface area (Å²) in [7, 11) is 9.51. The Hall–Kier alpha value is -6.54. The number of aldehydes is 1. The van der Waals surface area contributed by atoms with E-state index in [9.17, 15) is 43.8 Å². The van der Waals surface area contributed by atoms with Crippen LogP contribution in [0, 0.1) is 35.5 Å². The van der Waals surface area contributed by atoms with Crippen LogP contribution in [0.15, 0.2) is 12.2 Å². The lowest BCUT2D eigenvalue weighted by Crippen LogP contribution is -2.64. The lowest BCUT2D eigenvalue weighted by atomic mass is 9.91. The molecule has 1 rings (SSSR count). The van der Waals surface area contributed by atoms with E-state index >= 15 is 24.0 Å². The third-order valence-electron chi connectivity index (χ3n) is 17.0. The molecule has 0 saturated carbocycles. The first kappa shape index (κ1) is 83.5. The fourth-order valence-corrected chi connectivity index (χ4v) is 11.3. The highest BCUT2D eigenvalue weighted by molar-refractivity contribution is 6.00. The summed E-state index contributed by atoms with van der Waals surface area (Å²) in [5, 5.41) is 34.4. The van der Waals surface area contributed by atoms with E-state index in [4.69, 9.17) is 4.74 Å². The number of allylic oxidation sites excluding steroid dienone is 2. The van der Waals surface area contributed by atoms with Crippen molar-refractivity contribution in [2.24, 2.45) is 35.5 Å². The van der Waals surface area contributed by atoms with Crippen LogP contribution in [0.4, 0.5) is 0 Å². The second-order valence-corrected chi connectivity index (χ2v) is 27.7. The van der Waals surface area contributed by atoms with Gasteiger partial charge in [0, 0.05) is 62.2 Å². The molecule has 26 heteroatoms. The Bertz CT molecular complexity index is 2540. The highest BCUT2D eigenvalue weighted by atomic mass is 16.5. The Morgan fingerprint density at radius 2 is 0.946 bits per heavy atom. The summed E-state index contributed by atoms with van der Waals surface area (Å²) in [6.45, 7) is 27.7. The largest absolute Gasteiger partial charge is 0.390 e. The van der Waals surface area contributed by atoms with Crippen molar-refractivity contribution in [1.82, 2.24) is 55.6 Å². The lowest BCUT2D eigenvalue weighted by Gasteiger charge is -2.41. The van der Waals surface area contributed by atoms with Crippen LogP contribution in [0.3, 0.4) is 0 Å². The van der Waals surface area contributed by atoms with E-state index in [2.05, 4.69) is 21.3 Å². The van der Waals surface area contributed by atoms with Gasteiger partial charge in [-0.3, -0.25) is 52.7 Å². The van der Waals surface area contributed by atoms with Gasteiger partial charge in [-0.15, -0.1) is 0 Å². The minimum Gasteiger partial charge on any atom is -0.390 e. The number of hydrogen-bond acceptors (Lipinski definition) is 15. The molecule has 26 nitrogen and oxygen atoms in total. The lowest BCUT2D eigenvalue weighted by molar-refractivity contribution is -0.157. The zero-order valence-electron chi connectivity index (χ0n) is 59.8. The molecular formula is C66H117N11O15. The minimum absolute atomic E-state index is 0.0870. The van der Waals surface area contributed by atoms with Crippen LogP contribution in [-0.4, -0.2) is 256 Å². The number of amides is 11. The standard InChI is InChI=1S/C66H117N11O15/c1-25-27-29-42(13)54(79)53-58(83)69-45(26-2)60(85)75(22)50(36-92-31-28-30-78)63(88)74(21)49(35-66(16,17)91)57(82)70-51(40(9)10)64(89)71(18)46(32-37(3)4)56(81)67-43(14)55(80)68-44(15)59(84)72(19)47(33-38(5)6)61(86)73(20)48(34-39(7)8)62(87)76(23)52(41(11)12)65(90)77(53)24/h25,27,30,37-54,79,91H,26,28-29,31-36H2,1-24H3,(H,67,81)(H,68,80)(H,69,83)(H,70,82)/t42-,43+,44-,45+,46+,47+,48+,49+,50-,51+,52+,53+,54-/m1/s1. The average Bonchev–Trinajstić information content (AvgIpc) is 0.865. The molecule has 0 aliphatic carbocycles. The predicted octanol–water partition coefficient (Wildman–Crippen LogP) is 2.36. The summed E-state index contributed by atoms with van der Waals surface area (Å²) in [6.07, 6.45) is 2.55. The van der Waals surface area contributed by atoms with E-state index in [1.54, 1.807) is 60.6 Å². The van der Waals surface area contributed by atoms with Crippen molar-refractivity contribution in [3.63, 3.8) is 0 Å². The zero-order chi connectivity index (χ0) is 71.3. The Kier molecular flexibility index (Phi) is 34.5. The molecule has 1 aliphatic rings. The van der Waals surface area contributed by atoms with Gasteiger partial charge in [-0.25, -0.2) is 0 Å². The molecule has 1 fully saturated rings. The molecule has 0 spiro atoms. The van der Waals surface area contributed by atoms with Crippen LogP contribution in [0.5, 0.6) is 0 Å². The molecule has 0 aromatic carbocycles. The number of carbonyl (C=O) groups is 12. The van der Waals surface area contributed by atoms with Crippen LogP contribution < -0.4 is 21.3 Å². The van der Waals surface area contributed by atoms with Crippen molar-refractivity contribution in [3.8, 4) is 0 Å². The molecule has 92 heavy (non-hydrogen) atoms. The quantitative estimate of drug-likeness (QED) is 0.0579. The van der Waals surface area contributed by atoms with Gasteiger partial charge in [-0.1, -0.05) is 95.2 Å². The molecule has 0 unspecified atom stereocenters. The van der Waals surface area contributed by atoms with Crippen molar-refractivity contribution < 1.29 is 72.5 Å². The molecule has 11 amide bonds. The number of rotatable bonds is 20. The topological polar surface area (TPSA) is 325 Å². The van der Waals surface area contributed by atoms with Gasteiger partial charge >= 0.3 is 0 Å². The Labute approximate surface area is 548 Å². The highest BCUT2D eigenvalue weighted by Crippen LogP contribution is 2.26. The van der Waals surface area contributed by atoms with Crippen LogP contribution in [0.25, 0.3) is 0 Å². The number of ether oxygens (including phenoxy) is 1. The van der Waals surface area contributed by atoms with Gasteiger partial charge in [0.1, 0.15) is 72.7 Å². The number of likely N-dealkylation sites (N-methyl/N-ethyl adjacent to an activating group) is 7. The number of nitrogens with one attached hydrogen (secondary N) is 4. The summed E-state index contributed by atoms with van der Waals surface area (Å²) in [5.41, 5.74) is -1.64. The second kappa shape index (κ2) is 38.0. The van der Waals surface area contributed by atoms with Gasteiger partial charge in [0.05, 0.1) is 24.9 Å². The van der Waals surface area contributed by atoms with E-state index in [0.717, 1.165) is 14.7 Å². The zero-order valence-corrected chi connectivity index (χ0v) is 59.8. The molecule has 0 aromatic rings. The van der Waals surface area contributed by atoms with Gasteiger partial charge in [0.15, 0.2) is 0 Å². The maximum absolute atomic E-state index is 15.3. The van der Waals surface area contributed by atoms with Crippen molar-refractivity contribution in [1.29, 1.82) is 0 Å². The number of carbonyl (C=O) groups excluding carboxylic acids is 12. The van der Waals surface area contributed by atoms with Crippen LogP contribution in [0.1, 0.15) is 163 Å². The van der Waals surface area contributed by atoms with Crippen LogP contribution in [0.2, 0.25) is 0 Å². The predicted molar refractivity (Wildman–Crippen MR) is 350 cm³/mol. The van der Waals surface area contributed by atoms with Crippen LogP contribution in [-0.2, 0) is 62.3 Å². The minimum atomic E-state index is -1.70. The monoisotopic (exact) mass is 1300 g/mol. The molecule has 13 atom stereocenters. The molecule has 1 saturated heterocycles. The summed E-state index contributed by atoms with van der Waals surface area (Å²) >= 11 is 0. The molecule has 1 heterocycles. The fourth-order valence-electron chi connectivity index (χ4n) is 11.3. The molecule has 0 radical (unpaired) electrons. The van der Waals surface area contributed by atoms with E-state index in [1.807, 2.05) is 41.5 Å². The second-order valence-electron chi connectivity index (χ2n) is 27.7. The maximum atomic E-state index is 15.3. The van der Waals surface area contributed by atoms with Gasteiger partial charge < -0.3 is 75.3 Å². The van der Waals surface area contributed by atoms with Gasteiger partial charge in [0.2, 0.25) is 65.0 Å². The molecule has 0 aromatic heterocycles. The molecular weight excluding hydrogens is 1190 g/mol. The summed E-state index contributed by atoms with van der Waals surface area (Å²) in [5.74, 6) is -11.0. The Morgan fingerprint density at radius 3 is 1.41 bits per heavy atom. The number of hydrogen-bond donors (Lipinski definition) is 6. The van der Waals surface area contributed by atoms with E-state index in [1.165, 1.54) is 96.6 Å². The van der Waals surface area contributed by atoms with Crippen molar-refractivity contribution >= 4 is 71.3 Å². The number of aliphatic hydroxyl groups is 2. The smallest absolute Gasteiger partial charge is 0.248 e. The van der Waals surface area contributed by atoms with Gasteiger partial charge in [-0.05, 0) is 102 Å². The maximum Gasteiger partial charge on any atom is 0.248 e.